The predicted octanol–water partition coefficient (Wildman–Crippen LogP) is 4.86. The maximum absolute atomic E-state index is 11.9. The van der Waals surface area contributed by atoms with Crippen molar-refractivity contribution in [1.82, 2.24) is 0 Å². The van der Waals surface area contributed by atoms with E-state index in [4.69, 9.17) is 9.47 Å². The van der Waals surface area contributed by atoms with Crippen LogP contribution in [-0.4, -0.2) is 19.7 Å². The third-order valence-electron chi connectivity index (χ3n) is 3.88. The molecule has 3 heteroatoms. The number of hydrogen-bond donors (Lipinski definition) is 0. The molecule has 0 saturated carbocycles. The summed E-state index contributed by atoms with van der Waals surface area (Å²) in [5.74, 6) is 1.02. The average Bonchev–Trinajstić information content (AvgIpc) is 2.55. The Bertz CT molecular complexity index is 474. The van der Waals surface area contributed by atoms with Gasteiger partial charge in [0.25, 0.3) is 0 Å². The number of carbonyl (C=O) groups is 1. The van der Waals surface area contributed by atoms with E-state index >= 15 is 0 Å². The summed E-state index contributed by atoms with van der Waals surface area (Å²) in [6.45, 7) is 6.76. The summed E-state index contributed by atoms with van der Waals surface area (Å²) in [7, 11) is 1.64. The van der Waals surface area contributed by atoms with Gasteiger partial charge in [-0.2, -0.15) is 0 Å². The Hall–Kier alpha value is -1.77. The van der Waals surface area contributed by atoms with Crippen LogP contribution in [0.25, 0.3) is 5.57 Å². The summed E-state index contributed by atoms with van der Waals surface area (Å²) in [6.07, 6.45) is 6.11. The second-order valence-electron chi connectivity index (χ2n) is 5.60. The molecular weight excluding hydrogens is 276 g/mol. The zero-order valence-electron chi connectivity index (χ0n) is 14.2. The average molecular weight is 304 g/mol. The summed E-state index contributed by atoms with van der Waals surface area (Å²) in [4.78, 5) is 11.9. The van der Waals surface area contributed by atoms with Crippen molar-refractivity contribution in [2.75, 3.05) is 13.7 Å². The molecule has 0 spiro atoms. The molecule has 1 atom stereocenters. The van der Waals surface area contributed by atoms with Crippen LogP contribution in [0.5, 0.6) is 5.75 Å². The summed E-state index contributed by atoms with van der Waals surface area (Å²) >= 11 is 0. The van der Waals surface area contributed by atoms with E-state index < -0.39 is 0 Å². The molecule has 1 rings (SSSR count). The van der Waals surface area contributed by atoms with Gasteiger partial charge in [-0.25, -0.2) is 4.79 Å². The van der Waals surface area contributed by atoms with Crippen molar-refractivity contribution in [2.24, 2.45) is 5.92 Å². The van der Waals surface area contributed by atoms with Gasteiger partial charge < -0.3 is 9.47 Å². The Kier molecular flexibility index (Phi) is 8.34. The van der Waals surface area contributed by atoms with Gasteiger partial charge in [0, 0.05) is 6.08 Å². The lowest BCUT2D eigenvalue weighted by Crippen LogP contribution is -2.12. The minimum atomic E-state index is -0.261. The maximum atomic E-state index is 11.9. The van der Waals surface area contributed by atoms with E-state index in [1.807, 2.05) is 31.2 Å². The van der Waals surface area contributed by atoms with Gasteiger partial charge in [-0.15, -0.1) is 0 Å². The van der Waals surface area contributed by atoms with Crippen LogP contribution < -0.4 is 4.74 Å². The molecule has 1 unspecified atom stereocenters. The molecule has 0 saturated heterocycles. The second-order valence-corrected chi connectivity index (χ2v) is 5.60. The van der Waals surface area contributed by atoms with Crippen molar-refractivity contribution < 1.29 is 14.3 Å². The Morgan fingerprint density at radius 3 is 2.45 bits per heavy atom. The number of rotatable bonds is 9. The highest BCUT2D eigenvalue weighted by atomic mass is 16.5. The first-order valence-electron chi connectivity index (χ1n) is 8.10. The number of unbranched alkanes of at least 4 members (excludes halogenated alkanes) is 1. The molecule has 0 aliphatic heterocycles. The van der Waals surface area contributed by atoms with Crippen LogP contribution in [0.1, 0.15) is 52.0 Å². The molecule has 0 aliphatic rings. The van der Waals surface area contributed by atoms with E-state index in [2.05, 4.69) is 13.8 Å². The molecule has 0 fully saturated rings. The van der Waals surface area contributed by atoms with Gasteiger partial charge in [-0.3, -0.25) is 0 Å². The molecule has 0 N–H and O–H groups in total. The van der Waals surface area contributed by atoms with Crippen molar-refractivity contribution in [3.8, 4) is 5.75 Å². The predicted molar refractivity (Wildman–Crippen MR) is 90.9 cm³/mol. The SMILES string of the molecule is CCCCC(CC)COC(=O)/C=C(\C)c1ccc(OC)cc1. The first kappa shape index (κ1) is 18.3. The minimum absolute atomic E-state index is 0.261. The van der Waals surface area contributed by atoms with Gasteiger partial charge in [0.15, 0.2) is 0 Å². The standard InChI is InChI=1S/C19H28O3/c1-5-7-8-16(6-2)14-22-19(20)13-15(3)17-9-11-18(21-4)12-10-17/h9-13,16H,5-8,14H2,1-4H3/b15-13+. The van der Waals surface area contributed by atoms with Crippen LogP contribution in [0.3, 0.4) is 0 Å². The van der Waals surface area contributed by atoms with Crippen LogP contribution >= 0.6 is 0 Å². The van der Waals surface area contributed by atoms with Gasteiger partial charge in [0.05, 0.1) is 13.7 Å². The van der Waals surface area contributed by atoms with E-state index in [0.29, 0.717) is 12.5 Å². The van der Waals surface area contributed by atoms with Crippen LogP contribution in [0.15, 0.2) is 30.3 Å². The lowest BCUT2D eigenvalue weighted by atomic mass is 10.0. The van der Waals surface area contributed by atoms with Crippen molar-refractivity contribution >= 4 is 11.5 Å². The number of ether oxygens (including phenoxy) is 2. The maximum Gasteiger partial charge on any atom is 0.331 e. The molecule has 1 aromatic carbocycles. The Balaban J connectivity index is 2.53. The van der Waals surface area contributed by atoms with E-state index in [9.17, 15) is 4.79 Å². The Morgan fingerprint density at radius 1 is 1.23 bits per heavy atom. The normalized spacial score (nSPS) is 12.8. The summed E-state index contributed by atoms with van der Waals surface area (Å²) in [6, 6.07) is 7.65. The minimum Gasteiger partial charge on any atom is -0.497 e. The monoisotopic (exact) mass is 304 g/mol. The van der Waals surface area contributed by atoms with E-state index in [1.54, 1.807) is 13.2 Å². The number of allylic oxidation sites excluding steroid dienone is 1. The largest absolute Gasteiger partial charge is 0.497 e. The first-order valence-corrected chi connectivity index (χ1v) is 8.10. The fourth-order valence-electron chi connectivity index (χ4n) is 2.25. The molecule has 22 heavy (non-hydrogen) atoms. The topological polar surface area (TPSA) is 35.5 Å². The lowest BCUT2D eigenvalue weighted by Gasteiger charge is -2.14. The lowest BCUT2D eigenvalue weighted by molar-refractivity contribution is -0.139. The van der Waals surface area contributed by atoms with Crippen LogP contribution in [0.4, 0.5) is 0 Å². The number of esters is 1. The fraction of sp³-hybridized carbons (Fsp3) is 0.526. The first-order chi connectivity index (χ1) is 10.6. The van der Waals surface area contributed by atoms with Gasteiger partial charge >= 0.3 is 5.97 Å². The van der Waals surface area contributed by atoms with Crippen molar-refractivity contribution in [3.05, 3.63) is 35.9 Å². The number of hydrogen-bond acceptors (Lipinski definition) is 3. The molecule has 3 nitrogen and oxygen atoms in total. The number of methoxy groups -OCH3 is 1. The van der Waals surface area contributed by atoms with Gasteiger partial charge in [0.2, 0.25) is 0 Å². The van der Waals surface area contributed by atoms with Gasteiger partial charge in [-0.1, -0.05) is 45.2 Å². The molecule has 0 radical (unpaired) electrons. The molecule has 122 valence electrons. The number of carbonyl (C=O) groups excluding carboxylic acids is 1. The molecule has 0 bridgehead atoms. The molecule has 0 aliphatic carbocycles. The van der Waals surface area contributed by atoms with Crippen LogP contribution in [-0.2, 0) is 9.53 Å². The van der Waals surface area contributed by atoms with Crippen molar-refractivity contribution in [1.29, 1.82) is 0 Å². The Morgan fingerprint density at radius 2 is 1.91 bits per heavy atom. The molecule has 0 heterocycles. The van der Waals surface area contributed by atoms with Gasteiger partial charge in [-0.05, 0) is 42.5 Å². The van der Waals surface area contributed by atoms with E-state index in [-0.39, 0.29) is 5.97 Å². The smallest absolute Gasteiger partial charge is 0.331 e. The van der Waals surface area contributed by atoms with Gasteiger partial charge in [0.1, 0.15) is 5.75 Å². The highest BCUT2D eigenvalue weighted by Crippen LogP contribution is 2.18. The Labute approximate surface area is 134 Å². The second kappa shape index (κ2) is 10.0. The summed E-state index contributed by atoms with van der Waals surface area (Å²) < 4.78 is 10.5. The quantitative estimate of drug-likeness (QED) is 0.483. The van der Waals surface area contributed by atoms with E-state index in [0.717, 1.165) is 29.7 Å². The zero-order chi connectivity index (χ0) is 16.4. The molecule has 0 aromatic heterocycles. The highest BCUT2D eigenvalue weighted by molar-refractivity contribution is 5.90. The molecule has 0 amide bonds. The summed E-state index contributed by atoms with van der Waals surface area (Å²) in [5, 5.41) is 0. The molecular formula is C19H28O3. The van der Waals surface area contributed by atoms with Crippen molar-refractivity contribution in [2.45, 2.75) is 46.5 Å². The zero-order valence-corrected chi connectivity index (χ0v) is 14.2. The fourth-order valence-corrected chi connectivity index (χ4v) is 2.25. The van der Waals surface area contributed by atoms with Crippen LogP contribution in [0.2, 0.25) is 0 Å². The highest BCUT2D eigenvalue weighted by Gasteiger charge is 2.09. The third kappa shape index (κ3) is 6.33. The molecule has 1 aromatic rings. The third-order valence-corrected chi connectivity index (χ3v) is 3.88. The number of benzene rings is 1. The summed E-state index contributed by atoms with van der Waals surface area (Å²) in [5.41, 5.74) is 1.89. The van der Waals surface area contributed by atoms with Crippen LogP contribution in [0, 0.1) is 5.92 Å². The van der Waals surface area contributed by atoms with Crippen molar-refractivity contribution in [3.63, 3.8) is 0 Å². The van der Waals surface area contributed by atoms with E-state index in [1.165, 1.54) is 12.8 Å².